The predicted octanol–water partition coefficient (Wildman–Crippen LogP) is 3.09. The Kier molecular flexibility index (Phi) is 4.49. The number of hydrogen-bond donors (Lipinski definition) is 0. The molecule has 24 heavy (non-hydrogen) atoms. The van der Waals surface area contributed by atoms with Gasteiger partial charge in [0, 0.05) is 44.8 Å². The van der Waals surface area contributed by atoms with Crippen molar-refractivity contribution in [2.24, 2.45) is 5.92 Å². The van der Waals surface area contributed by atoms with Crippen LogP contribution in [-0.4, -0.2) is 36.4 Å². The van der Waals surface area contributed by atoms with Crippen LogP contribution in [0, 0.1) is 12.8 Å². The van der Waals surface area contributed by atoms with Crippen LogP contribution in [-0.2, 0) is 17.3 Å². The Labute approximate surface area is 137 Å². The average molecular weight is 341 g/mol. The molecule has 0 saturated carbocycles. The summed E-state index contributed by atoms with van der Waals surface area (Å²) in [6.07, 6.45) is -2.89. The van der Waals surface area contributed by atoms with E-state index in [1.54, 1.807) is 7.11 Å². The van der Waals surface area contributed by atoms with Crippen LogP contribution in [0.3, 0.4) is 0 Å². The summed E-state index contributed by atoms with van der Waals surface area (Å²) >= 11 is 0. The summed E-state index contributed by atoms with van der Waals surface area (Å²) < 4.78 is 48.7. The zero-order chi connectivity index (χ0) is 17.3. The number of anilines is 1. The van der Waals surface area contributed by atoms with Crippen molar-refractivity contribution >= 4 is 5.82 Å². The molecular weight excluding hydrogens is 323 g/mol. The zero-order valence-electron chi connectivity index (χ0n) is 13.4. The molecule has 8 heteroatoms. The third-order valence-corrected chi connectivity index (χ3v) is 4.22. The van der Waals surface area contributed by atoms with Gasteiger partial charge < -0.3 is 14.2 Å². The quantitative estimate of drug-likeness (QED) is 0.855. The number of ether oxygens (including phenoxy) is 1. The fourth-order valence-electron chi connectivity index (χ4n) is 3.00. The van der Waals surface area contributed by atoms with Gasteiger partial charge in [0.15, 0.2) is 0 Å². The first-order valence-electron chi connectivity index (χ1n) is 7.60. The normalized spacial score (nSPS) is 21.5. The molecule has 0 aliphatic carbocycles. The summed E-state index contributed by atoms with van der Waals surface area (Å²) in [6, 6.07) is 4.33. The van der Waals surface area contributed by atoms with Crippen molar-refractivity contribution in [3.8, 4) is 0 Å². The van der Waals surface area contributed by atoms with E-state index in [1.165, 1.54) is 6.07 Å². The Balaban J connectivity index is 1.71. The molecule has 1 fully saturated rings. The van der Waals surface area contributed by atoms with Crippen molar-refractivity contribution in [3.63, 3.8) is 0 Å². The van der Waals surface area contributed by atoms with Crippen molar-refractivity contribution in [1.82, 2.24) is 10.1 Å². The molecule has 2 unspecified atom stereocenters. The number of nitrogens with zero attached hydrogens (tertiary/aromatic N) is 3. The molecular formula is C16H18F3N3O2. The molecule has 1 saturated heterocycles. The molecule has 2 aromatic heterocycles. The fourth-order valence-corrected chi connectivity index (χ4v) is 3.00. The van der Waals surface area contributed by atoms with Crippen LogP contribution in [0.1, 0.15) is 17.0 Å². The van der Waals surface area contributed by atoms with E-state index in [0.29, 0.717) is 25.3 Å². The molecule has 0 radical (unpaired) electrons. The van der Waals surface area contributed by atoms with E-state index in [2.05, 4.69) is 10.1 Å². The summed E-state index contributed by atoms with van der Waals surface area (Å²) in [5, 5.41) is 3.87. The van der Waals surface area contributed by atoms with E-state index in [0.717, 1.165) is 23.7 Å². The molecule has 0 amide bonds. The Hall–Kier alpha value is -2.09. The zero-order valence-corrected chi connectivity index (χ0v) is 13.4. The first kappa shape index (κ1) is 16.8. The van der Waals surface area contributed by atoms with Crippen molar-refractivity contribution in [2.75, 3.05) is 25.1 Å². The van der Waals surface area contributed by atoms with Crippen molar-refractivity contribution in [3.05, 3.63) is 41.4 Å². The highest BCUT2D eigenvalue weighted by atomic mass is 19.4. The van der Waals surface area contributed by atoms with Crippen LogP contribution in [0.25, 0.3) is 0 Å². The standard InChI is InChI=1S/C16H18F3N3O2/c1-10-5-13(24-21-10)6-11-8-22(9-14(11)23-2)15-4-3-12(7-20-15)16(17,18)19/h3-5,7,11,14H,6,8-9H2,1-2H3. The van der Waals surface area contributed by atoms with Gasteiger partial charge in [-0.2, -0.15) is 13.2 Å². The number of rotatable bonds is 4. The lowest BCUT2D eigenvalue weighted by atomic mass is 10.0. The van der Waals surface area contributed by atoms with Gasteiger partial charge in [-0.15, -0.1) is 0 Å². The maximum atomic E-state index is 12.6. The predicted molar refractivity (Wildman–Crippen MR) is 80.7 cm³/mol. The van der Waals surface area contributed by atoms with E-state index in [-0.39, 0.29) is 12.0 Å². The smallest absolute Gasteiger partial charge is 0.379 e. The summed E-state index contributed by atoms with van der Waals surface area (Å²) in [6.45, 7) is 3.07. The number of halogens is 3. The molecule has 2 atom stereocenters. The van der Waals surface area contributed by atoms with E-state index < -0.39 is 11.7 Å². The molecule has 0 bridgehead atoms. The SMILES string of the molecule is COC1CN(c2ccc(C(F)(F)F)cn2)CC1Cc1cc(C)no1. The van der Waals surface area contributed by atoms with Gasteiger partial charge in [0.2, 0.25) is 0 Å². The molecule has 1 aliphatic heterocycles. The maximum absolute atomic E-state index is 12.6. The average Bonchev–Trinajstić information content (AvgIpc) is 3.13. The maximum Gasteiger partial charge on any atom is 0.417 e. The number of methoxy groups -OCH3 is 1. The second kappa shape index (κ2) is 6.43. The number of aryl methyl sites for hydroxylation is 1. The van der Waals surface area contributed by atoms with Crippen LogP contribution in [0.15, 0.2) is 28.9 Å². The van der Waals surface area contributed by atoms with Gasteiger partial charge in [-0.3, -0.25) is 0 Å². The van der Waals surface area contributed by atoms with Gasteiger partial charge in [0.25, 0.3) is 0 Å². The van der Waals surface area contributed by atoms with Gasteiger partial charge in [-0.25, -0.2) is 4.98 Å². The van der Waals surface area contributed by atoms with Gasteiger partial charge in [0.05, 0.1) is 17.4 Å². The van der Waals surface area contributed by atoms with Crippen molar-refractivity contribution < 1.29 is 22.4 Å². The van der Waals surface area contributed by atoms with Crippen LogP contribution < -0.4 is 4.90 Å². The number of aromatic nitrogens is 2. The van der Waals surface area contributed by atoms with Crippen LogP contribution in [0.4, 0.5) is 19.0 Å². The highest BCUT2D eigenvalue weighted by molar-refractivity contribution is 5.41. The third kappa shape index (κ3) is 3.53. The minimum atomic E-state index is -4.38. The first-order chi connectivity index (χ1) is 11.4. The molecule has 0 N–H and O–H groups in total. The fraction of sp³-hybridized carbons (Fsp3) is 0.500. The number of alkyl halides is 3. The van der Waals surface area contributed by atoms with Crippen LogP contribution in [0.5, 0.6) is 0 Å². The molecule has 3 heterocycles. The monoisotopic (exact) mass is 341 g/mol. The van der Waals surface area contributed by atoms with Crippen LogP contribution in [0.2, 0.25) is 0 Å². The molecule has 130 valence electrons. The second-order valence-corrected chi connectivity index (χ2v) is 5.98. The summed E-state index contributed by atoms with van der Waals surface area (Å²) in [5.41, 5.74) is 0.0700. The summed E-state index contributed by atoms with van der Waals surface area (Å²) in [4.78, 5) is 5.89. The second-order valence-electron chi connectivity index (χ2n) is 5.98. The van der Waals surface area contributed by atoms with Crippen molar-refractivity contribution in [2.45, 2.75) is 25.6 Å². The topological polar surface area (TPSA) is 51.4 Å². The molecule has 2 aromatic rings. The minimum Gasteiger partial charge on any atom is -0.379 e. The molecule has 1 aliphatic rings. The number of hydrogen-bond acceptors (Lipinski definition) is 5. The Morgan fingerprint density at radius 1 is 1.33 bits per heavy atom. The summed E-state index contributed by atoms with van der Waals surface area (Å²) in [7, 11) is 1.63. The molecule has 5 nitrogen and oxygen atoms in total. The van der Waals surface area contributed by atoms with E-state index >= 15 is 0 Å². The van der Waals surface area contributed by atoms with Crippen LogP contribution >= 0.6 is 0 Å². The lowest BCUT2D eigenvalue weighted by molar-refractivity contribution is -0.137. The summed E-state index contributed by atoms with van der Waals surface area (Å²) in [5.74, 6) is 1.45. The Bertz CT molecular complexity index is 685. The van der Waals surface area contributed by atoms with E-state index in [9.17, 15) is 13.2 Å². The number of pyridine rings is 1. The third-order valence-electron chi connectivity index (χ3n) is 4.22. The lowest BCUT2D eigenvalue weighted by Crippen LogP contribution is -2.23. The van der Waals surface area contributed by atoms with Gasteiger partial charge in [0.1, 0.15) is 11.6 Å². The molecule has 3 rings (SSSR count). The van der Waals surface area contributed by atoms with Gasteiger partial charge >= 0.3 is 6.18 Å². The van der Waals surface area contributed by atoms with Crippen molar-refractivity contribution in [1.29, 1.82) is 0 Å². The Morgan fingerprint density at radius 3 is 2.67 bits per heavy atom. The molecule has 0 aromatic carbocycles. The first-order valence-corrected chi connectivity index (χ1v) is 7.60. The minimum absolute atomic E-state index is 0.0421. The van der Waals surface area contributed by atoms with Gasteiger partial charge in [-0.05, 0) is 19.1 Å². The highest BCUT2D eigenvalue weighted by Gasteiger charge is 2.35. The highest BCUT2D eigenvalue weighted by Crippen LogP contribution is 2.31. The molecule has 0 spiro atoms. The Morgan fingerprint density at radius 2 is 2.12 bits per heavy atom. The largest absolute Gasteiger partial charge is 0.417 e. The van der Waals surface area contributed by atoms with E-state index in [1.807, 2.05) is 17.9 Å². The van der Waals surface area contributed by atoms with Gasteiger partial charge in [-0.1, -0.05) is 5.16 Å². The van der Waals surface area contributed by atoms with E-state index in [4.69, 9.17) is 9.26 Å². The lowest BCUT2D eigenvalue weighted by Gasteiger charge is -2.17.